The van der Waals surface area contributed by atoms with Gasteiger partial charge in [0.2, 0.25) is 0 Å². The van der Waals surface area contributed by atoms with Crippen molar-refractivity contribution in [2.24, 2.45) is 10.3 Å². The first kappa shape index (κ1) is 8.82. The van der Waals surface area contributed by atoms with E-state index in [1.165, 1.54) is 0 Å². The van der Waals surface area contributed by atoms with Gasteiger partial charge in [0.25, 0.3) is 0 Å². The molecule has 0 radical (unpaired) electrons. The second-order valence-corrected chi connectivity index (χ2v) is 0.408. The Labute approximate surface area is 35.6 Å². The Morgan fingerprint density at radius 3 is 1.25 bits per heavy atom. The van der Waals surface area contributed by atoms with Crippen LogP contribution in [0.25, 0.3) is 0 Å². The second-order valence-electron chi connectivity index (χ2n) is 0.136. The minimum atomic E-state index is 0. The molecule has 0 rings (SSSR count). The van der Waals surface area contributed by atoms with Crippen molar-refractivity contribution in [2.75, 3.05) is 0 Å². The molecule has 4 N–H and O–H groups in total. The molecule has 0 aromatic heterocycles. The molecule has 2 nitrogen and oxygen atoms in total. The molecular weight excluding hydrogens is 95.5 g/mol. The Morgan fingerprint density at radius 2 is 1.25 bits per heavy atom. The van der Waals surface area contributed by atoms with E-state index in [1.54, 1.807) is 0 Å². The fourth-order valence-electron chi connectivity index (χ4n) is 0. The molecule has 0 unspecified atom stereocenters. The molecule has 4 heavy (non-hydrogen) atoms. The average Bonchev–Trinajstić information content (AvgIpc) is 0.918. The summed E-state index contributed by atoms with van der Waals surface area (Å²) in [7, 11) is 0. The SMILES string of the molecule is Cl.NSN. The zero-order chi connectivity index (χ0) is 2.71. The van der Waals surface area contributed by atoms with Crippen LogP contribution in [0.3, 0.4) is 0 Å². The van der Waals surface area contributed by atoms with Crippen LogP contribution in [-0.2, 0) is 0 Å². The molecule has 0 aliphatic carbocycles. The van der Waals surface area contributed by atoms with Crippen LogP contribution in [0.15, 0.2) is 0 Å². The summed E-state index contributed by atoms with van der Waals surface area (Å²) in [6.07, 6.45) is 0. The molecule has 0 spiro atoms. The van der Waals surface area contributed by atoms with Gasteiger partial charge in [0.1, 0.15) is 0 Å². The van der Waals surface area contributed by atoms with Crippen LogP contribution in [0.5, 0.6) is 0 Å². The van der Waals surface area contributed by atoms with E-state index in [0.717, 1.165) is 12.1 Å². The van der Waals surface area contributed by atoms with Gasteiger partial charge in [-0.2, -0.15) is 0 Å². The summed E-state index contributed by atoms with van der Waals surface area (Å²) in [5.74, 6) is 0. The van der Waals surface area contributed by atoms with Crippen LogP contribution >= 0.6 is 24.5 Å². The molecule has 0 saturated carbocycles. The Hall–Kier alpha value is 0.560. The largest absolute Gasteiger partial charge is 0.265 e. The standard InChI is InChI=1S/ClH.H4N2S/c;1-3-2/h1H;1-2H2. The Morgan fingerprint density at radius 1 is 1.25 bits per heavy atom. The Bertz CT molecular complexity index is 6.00. The van der Waals surface area contributed by atoms with Crippen LogP contribution < -0.4 is 10.3 Å². The van der Waals surface area contributed by atoms with Crippen LogP contribution in [0.4, 0.5) is 0 Å². The first-order valence-corrected chi connectivity index (χ1v) is 1.41. The molecule has 0 aromatic carbocycles. The molecule has 0 aliphatic rings. The predicted octanol–water partition coefficient (Wildman–Crippen LogP) is -0.111. The van der Waals surface area contributed by atoms with Gasteiger partial charge in [0, 0.05) is 0 Å². The first-order chi connectivity index (χ1) is 1.41. The fraction of sp³-hybridized carbons (Fsp3) is 0. The number of halogens is 1. The van der Waals surface area contributed by atoms with Gasteiger partial charge in [-0.3, -0.25) is 10.3 Å². The molecule has 0 heterocycles. The van der Waals surface area contributed by atoms with Gasteiger partial charge in [0.15, 0.2) is 0 Å². The fourth-order valence-corrected chi connectivity index (χ4v) is 0. The van der Waals surface area contributed by atoms with Gasteiger partial charge in [-0.05, 0) is 12.1 Å². The van der Waals surface area contributed by atoms with Gasteiger partial charge < -0.3 is 0 Å². The zero-order valence-electron chi connectivity index (χ0n) is 1.97. The third-order valence-electron chi connectivity index (χ3n) is 0. The normalized spacial score (nSPS) is 4.50. The van der Waals surface area contributed by atoms with E-state index in [-0.39, 0.29) is 12.4 Å². The summed E-state index contributed by atoms with van der Waals surface area (Å²) in [5.41, 5.74) is 0. The maximum absolute atomic E-state index is 4.54. The Balaban J connectivity index is 0. The first-order valence-electron chi connectivity index (χ1n) is 0.471. The number of nitrogens with two attached hydrogens (primary N) is 2. The lowest BCUT2D eigenvalue weighted by atomic mass is 13.9. The van der Waals surface area contributed by atoms with Gasteiger partial charge in [-0.1, -0.05) is 0 Å². The molecule has 0 bridgehead atoms. The van der Waals surface area contributed by atoms with Crippen LogP contribution in [0, 0.1) is 0 Å². The van der Waals surface area contributed by atoms with Crippen molar-refractivity contribution in [3.63, 3.8) is 0 Å². The van der Waals surface area contributed by atoms with E-state index in [1.807, 2.05) is 0 Å². The van der Waals surface area contributed by atoms with Crippen LogP contribution in [-0.4, -0.2) is 0 Å². The summed E-state index contributed by atoms with van der Waals surface area (Å²) in [4.78, 5) is 0. The third kappa shape index (κ3) is 19.9. The lowest BCUT2D eigenvalue weighted by Crippen LogP contribution is -1.83. The van der Waals surface area contributed by atoms with Crippen LogP contribution in [0.1, 0.15) is 0 Å². The van der Waals surface area contributed by atoms with Gasteiger partial charge in [-0.25, -0.2) is 0 Å². The topological polar surface area (TPSA) is 52.0 Å². The minimum absolute atomic E-state index is 0. The highest BCUT2D eigenvalue weighted by molar-refractivity contribution is 7.94. The van der Waals surface area contributed by atoms with E-state index in [2.05, 4.69) is 10.3 Å². The average molecular weight is 101 g/mol. The van der Waals surface area contributed by atoms with E-state index < -0.39 is 0 Å². The molecule has 4 heteroatoms. The maximum Gasteiger partial charge on any atom is -0.00297 e. The van der Waals surface area contributed by atoms with Crippen molar-refractivity contribution in [1.82, 2.24) is 0 Å². The molecule has 0 aromatic rings. The summed E-state index contributed by atoms with van der Waals surface area (Å²) in [6.45, 7) is 0. The maximum atomic E-state index is 4.54. The Kier molecular flexibility index (Phi) is 21.1. The van der Waals surface area contributed by atoms with Gasteiger partial charge >= 0.3 is 0 Å². The van der Waals surface area contributed by atoms with E-state index >= 15 is 0 Å². The lowest BCUT2D eigenvalue weighted by Gasteiger charge is -1.55. The number of hydrogen-bond acceptors (Lipinski definition) is 3. The van der Waals surface area contributed by atoms with Crippen molar-refractivity contribution in [2.45, 2.75) is 0 Å². The summed E-state index contributed by atoms with van der Waals surface area (Å²) >= 11 is 0.750. The molecule has 0 aliphatic heterocycles. The lowest BCUT2D eigenvalue weighted by molar-refractivity contribution is 1.91. The number of hydrogen-bond donors (Lipinski definition) is 2. The molecular formula is H5ClN2S. The quantitative estimate of drug-likeness (QED) is 0.418. The van der Waals surface area contributed by atoms with E-state index in [0.29, 0.717) is 0 Å². The molecule has 0 atom stereocenters. The zero-order valence-corrected chi connectivity index (χ0v) is 3.60. The highest BCUT2D eigenvalue weighted by Crippen LogP contribution is 1.46. The van der Waals surface area contributed by atoms with Crippen molar-refractivity contribution >= 4 is 24.5 Å². The number of rotatable bonds is 0. The molecule has 0 fully saturated rings. The van der Waals surface area contributed by atoms with Crippen LogP contribution in [0.2, 0.25) is 0 Å². The molecule has 28 valence electrons. The minimum Gasteiger partial charge on any atom is -0.265 e. The van der Waals surface area contributed by atoms with Gasteiger partial charge in [-0.15, -0.1) is 12.4 Å². The van der Waals surface area contributed by atoms with Crippen molar-refractivity contribution < 1.29 is 0 Å². The van der Waals surface area contributed by atoms with Crippen molar-refractivity contribution in [3.05, 3.63) is 0 Å². The van der Waals surface area contributed by atoms with Crippen molar-refractivity contribution in [1.29, 1.82) is 0 Å². The third-order valence-corrected chi connectivity index (χ3v) is 0. The summed E-state index contributed by atoms with van der Waals surface area (Å²) in [5, 5.41) is 9.08. The van der Waals surface area contributed by atoms with Crippen molar-refractivity contribution in [3.8, 4) is 0 Å². The van der Waals surface area contributed by atoms with E-state index in [9.17, 15) is 0 Å². The monoisotopic (exact) mass is 100.0 g/mol. The second kappa shape index (κ2) is 9.59. The smallest absolute Gasteiger partial charge is 0.00297 e. The summed E-state index contributed by atoms with van der Waals surface area (Å²) in [6, 6.07) is 0. The highest BCUT2D eigenvalue weighted by Gasteiger charge is 1.29. The van der Waals surface area contributed by atoms with Gasteiger partial charge in [0.05, 0.1) is 0 Å². The molecule has 0 amide bonds. The highest BCUT2D eigenvalue weighted by atomic mass is 35.5. The predicted molar refractivity (Wildman–Crippen MR) is 23.2 cm³/mol. The molecule has 0 saturated heterocycles. The summed E-state index contributed by atoms with van der Waals surface area (Å²) < 4.78 is 0. The van der Waals surface area contributed by atoms with E-state index in [4.69, 9.17) is 0 Å².